The first-order chi connectivity index (χ1) is 13.6. The zero-order chi connectivity index (χ0) is 21.6. The molecule has 0 aromatic heterocycles. The Morgan fingerprint density at radius 1 is 1.31 bits per heavy atom. The van der Waals surface area contributed by atoms with Crippen LogP contribution >= 0.6 is 0 Å². The molecule has 1 aromatic rings. The normalized spacial score (nSPS) is 20.0. The molecule has 4 unspecified atom stereocenters. The summed E-state index contributed by atoms with van der Waals surface area (Å²) < 4.78 is 56.8. The highest BCUT2D eigenvalue weighted by Crippen LogP contribution is 2.19. The summed E-state index contributed by atoms with van der Waals surface area (Å²) in [6.07, 6.45) is -3.41. The molecule has 11 heteroatoms. The number of amides is 2. The van der Waals surface area contributed by atoms with E-state index >= 15 is 0 Å². The minimum absolute atomic E-state index is 0.0559. The molecule has 7 nitrogen and oxygen atoms in total. The average Bonchev–Trinajstić information content (AvgIpc) is 3.20. The van der Waals surface area contributed by atoms with E-state index in [-0.39, 0.29) is 23.6 Å². The highest BCUT2D eigenvalue weighted by molar-refractivity contribution is 7.83. The summed E-state index contributed by atoms with van der Waals surface area (Å²) in [6.45, 7) is 2.24. The monoisotopic (exact) mass is 435 g/mol. The summed E-state index contributed by atoms with van der Waals surface area (Å²) >= 11 is 0. The number of benzene rings is 1. The maximum atomic E-state index is 12.5. The van der Waals surface area contributed by atoms with Crippen molar-refractivity contribution < 1.29 is 31.7 Å². The van der Waals surface area contributed by atoms with E-state index in [1.54, 1.807) is 12.2 Å². The molecule has 3 N–H and O–H groups in total. The van der Waals surface area contributed by atoms with Crippen LogP contribution in [0.2, 0.25) is 0 Å². The molecule has 1 fully saturated rings. The maximum Gasteiger partial charge on any atom is 0.471 e. The Labute approximate surface area is 169 Å². The first-order valence-corrected chi connectivity index (χ1v) is 10.2. The number of ether oxygens (including phenoxy) is 1. The number of alkyl halides is 3. The van der Waals surface area contributed by atoms with Crippen LogP contribution in [0.5, 0.6) is 0 Å². The van der Waals surface area contributed by atoms with Crippen LogP contribution in [0.3, 0.4) is 0 Å². The molecule has 0 radical (unpaired) electrons. The predicted molar refractivity (Wildman–Crippen MR) is 99.9 cm³/mol. The van der Waals surface area contributed by atoms with Crippen LogP contribution in [0.4, 0.5) is 13.2 Å². The number of nitrogens with one attached hydrogen (secondary N) is 3. The summed E-state index contributed by atoms with van der Waals surface area (Å²) in [5, 5.41) is 5.03. The Hall–Kier alpha value is -1.98. The topological polar surface area (TPSA) is 96.5 Å². The fraction of sp³-hybridized carbons (Fsp3) is 0.556. The van der Waals surface area contributed by atoms with Gasteiger partial charge in [0, 0.05) is 19.7 Å². The van der Waals surface area contributed by atoms with Crippen molar-refractivity contribution in [2.75, 3.05) is 13.7 Å². The van der Waals surface area contributed by atoms with Crippen LogP contribution in [0.25, 0.3) is 0 Å². The average molecular weight is 435 g/mol. The lowest BCUT2D eigenvalue weighted by molar-refractivity contribution is -0.173. The zero-order valence-electron chi connectivity index (χ0n) is 16.0. The highest BCUT2D eigenvalue weighted by Gasteiger charge is 2.38. The van der Waals surface area contributed by atoms with Gasteiger partial charge < -0.3 is 15.4 Å². The second kappa shape index (κ2) is 10.2. The van der Waals surface area contributed by atoms with Crippen LogP contribution < -0.4 is 15.4 Å². The number of methoxy groups -OCH3 is 1. The van der Waals surface area contributed by atoms with E-state index in [0.29, 0.717) is 5.56 Å². The number of halogens is 3. The fourth-order valence-electron chi connectivity index (χ4n) is 3.11. The molecule has 1 aliphatic heterocycles. The molecular weight excluding hydrogens is 411 g/mol. The number of hydrogen-bond donors (Lipinski definition) is 3. The van der Waals surface area contributed by atoms with E-state index in [1.165, 1.54) is 31.4 Å². The summed E-state index contributed by atoms with van der Waals surface area (Å²) in [4.78, 5) is 23.6. The van der Waals surface area contributed by atoms with E-state index in [0.717, 1.165) is 19.4 Å². The summed E-state index contributed by atoms with van der Waals surface area (Å²) in [7, 11) is -0.303. The van der Waals surface area contributed by atoms with E-state index < -0.39 is 34.9 Å². The van der Waals surface area contributed by atoms with Crippen molar-refractivity contribution in [2.45, 2.75) is 49.5 Å². The van der Waals surface area contributed by atoms with Crippen molar-refractivity contribution in [3.63, 3.8) is 0 Å². The number of carbonyl (C=O) groups excluding carboxylic acids is 2. The molecule has 1 heterocycles. The Morgan fingerprint density at radius 2 is 1.97 bits per heavy atom. The Bertz CT molecular complexity index is 737. The van der Waals surface area contributed by atoms with Gasteiger partial charge in [-0.05, 0) is 37.1 Å². The van der Waals surface area contributed by atoms with Crippen molar-refractivity contribution in [3.05, 3.63) is 29.8 Å². The lowest BCUT2D eigenvalue weighted by atomic mass is 9.96. The molecular formula is C18H24F3N3O4S. The van der Waals surface area contributed by atoms with Crippen LogP contribution in [0.1, 0.15) is 25.3 Å². The Morgan fingerprint density at radius 3 is 2.48 bits per heavy atom. The van der Waals surface area contributed by atoms with Gasteiger partial charge in [0.1, 0.15) is 0 Å². The molecule has 162 valence electrons. The third-order valence-electron chi connectivity index (χ3n) is 4.71. The lowest BCUT2D eigenvalue weighted by Crippen LogP contribution is -2.46. The van der Waals surface area contributed by atoms with Gasteiger partial charge in [0.25, 0.3) is 0 Å². The van der Waals surface area contributed by atoms with Crippen LogP contribution in [0.15, 0.2) is 29.2 Å². The third-order valence-corrected chi connectivity index (χ3v) is 5.80. The SMILES string of the molecule is COC(C1CCCN1)C(C)C(=O)NS(=O)c1ccc(CNC(=O)C(F)(F)F)cc1. The van der Waals surface area contributed by atoms with Gasteiger partial charge in [0.15, 0.2) is 11.0 Å². The fourth-order valence-corrected chi connectivity index (χ4v) is 3.98. The lowest BCUT2D eigenvalue weighted by Gasteiger charge is -2.27. The summed E-state index contributed by atoms with van der Waals surface area (Å²) in [5.41, 5.74) is 0.398. The molecule has 0 bridgehead atoms. The van der Waals surface area contributed by atoms with E-state index in [4.69, 9.17) is 4.74 Å². The van der Waals surface area contributed by atoms with Crippen molar-refractivity contribution in [3.8, 4) is 0 Å². The molecule has 2 amide bonds. The quantitative estimate of drug-likeness (QED) is 0.574. The molecule has 0 aliphatic carbocycles. The highest BCUT2D eigenvalue weighted by atomic mass is 32.2. The Balaban J connectivity index is 1.91. The minimum atomic E-state index is -4.95. The largest absolute Gasteiger partial charge is 0.471 e. The molecule has 2 rings (SSSR count). The molecule has 4 atom stereocenters. The molecule has 0 saturated carbocycles. The smallest absolute Gasteiger partial charge is 0.379 e. The standard InChI is InChI=1S/C18H24F3N3O4S/c1-11(15(28-2)14-4-3-9-22-14)16(25)24-29(27)13-7-5-12(6-8-13)10-23-17(26)18(19,20)21/h5-8,11,14-15,22H,3-4,9-10H2,1-2H3,(H,23,26)(H,24,25). The van der Waals surface area contributed by atoms with Crippen LogP contribution in [-0.4, -0.2) is 48.0 Å². The van der Waals surface area contributed by atoms with E-state index in [9.17, 15) is 27.0 Å². The van der Waals surface area contributed by atoms with Gasteiger partial charge in [-0.1, -0.05) is 19.1 Å². The number of carbonyl (C=O) groups is 2. The first-order valence-electron chi connectivity index (χ1n) is 9.06. The number of hydrogen-bond acceptors (Lipinski definition) is 5. The molecule has 0 spiro atoms. The van der Waals surface area contributed by atoms with E-state index in [2.05, 4.69) is 10.0 Å². The predicted octanol–water partition coefficient (Wildman–Crippen LogP) is 1.41. The molecule has 1 aliphatic rings. The van der Waals surface area contributed by atoms with Gasteiger partial charge >= 0.3 is 12.1 Å². The zero-order valence-corrected chi connectivity index (χ0v) is 16.9. The van der Waals surface area contributed by atoms with Gasteiger partial charge in [0.2, 0.25) is 5.91 Å². The second-order valence-corrected chi connectivity index (χ2v) is 7.96. The minimum Gasteiger partial charge on any atom is -0.379 e. The van der Waals surface area contributed by atoms with Gasteiger partial charge in [-0.2, -0.15) is 13.2 Å². The van der Waals surface area contributed by atoms with E-state index in [1.807, 2.05) is 0 Å². The van der Waals surface area contributed by atoms with Crippen molar-refractivity contribution in [1.82, 2.24) is 15.4 Å². The van der Waals surface area contributed by atoms with Crippen molar-refractivity contribution >= 4 is 22.8 Å². The van der Waals surface area contributed by atoms with Crippen LogP contribution in [-0.2, 0) is 31.9 Å². The molecule has 29 heavy (non-hydrogen) atoms. The maximum absolute atomic E-state index is 12.5. The van der Waals surface area contributed by atoms with Gasteiger partial charge in [-0.3, -0.25) is 14.3 Å². The van der Waals surface area contributed by atoms with Crippen LogP contribution in [0, 0.1) is 5.92 Å². The second-order valence-electron chi connectivity index (χ2n) is 6.75. The third kappa shape index (κ3) is 6.51. The van der Waals surface area contributed by atoms with Gasteiger partial charge in [-0.15, -0.1) is 0 Å². The first kappa shape index (κ1) is 23.3. The van der Waals surface area contributed by atoms with Crippen molar-refractivity contribution in [2.24, 2.45) is 5.92 Å². The molecule has 1 saturated heterocycles. The van der Waals surface area contributed by atoms with Gasteiger partial charge in [-0.25, -0.2) is 4.21 Å². The number of rotatable bonds is 8. The van der Waals surface area contributed by atoms with Gasteiger partial charge in [0.05, 0.1) is 16.9 Å². The Kier molecular flexibility index (Phi) is 8.17. The summed E-state index contributed by atoms with van der Waals surface area (Å²) in [6, 6.07) is 5.75. The van der Waals surface area contributed by atoms with Crippen molar-refractivity contribution in [1.29, 1.82) is 0 Å². The molecule has 1 aromatic carbocycles. The summed E-state index contributed by atoms with van der Waals surface area (Å²) in [5.74, 6) is -2.99.